The van der Waals surface area contributed by atoms with E-state index in [-0.39, 0.29) is 11.3 Å². The molecule has 3 rings (SSSR count). The lowest BCUT2D eigenvalue weighted by Gasteiger charge is -2.25. The maximum absolute atomic E-state index is 13.5. The molecule has 0 saturated carbocycles. The van der Waals surface area contributed by atoms with Crippen LogP contribution in [0.15, 0.2) is 84.4 Å². The van der Waals surface area contributed by atoms with Crippen LogP contribution in [0.5, 0.6) is 5.75 Å². The number of nitrogens with zero attached hydrogens (tertiary/aromatic N) is 1. The van der Waals surface area contributed by atoms with Gasteiger partial charge in [-0.2, -0.15) is 0 Å². The minimum atomic E-state index is -0.0218. The highest BCUT2D eigenvalue weighted by atomic mass is 16.5. The average Bonchev–Trinajstić information content (AvgIpc) is 2.77. The average molecular weight is 414 g/mol. The molecule has 0 unspecified atom stereocenters. The Labute approximate surface area is 186 Å². The normalized spacial score (nSPS) is 11.8. The Morgan fingerprint density at radius 1 is 0.903 bits per heavy atom. The number of rotatable bonds is 6. The van der Waals surface area contributed by atoms with Gasteiger partial charge in [0.25, 0.3) is 5.91 Å². The molecular formula is C28H31NO2. The summed E-state index contributed by atoms with van der Waals surface area (Å²) in [5.74, 6) is 0.744. The lowest BCUT2D eigenvalue weighted by atomic mass is 9.86. The first kappa shape index (κ1) is 22.4. The number of hydrogen-bond acceptors (Lipinski definition) is 2. The van der Waals surface area contributed by atoms with Gasteiger partial charge >= 0.3 is 0 Å². The predicted octanol–water partition coefficient (Wildman–Crippen LogP) is 6.74. The van der Waals surface area contributed by atoms with Crippen molar-refractivity contribution in [2.24, 2.45) is 0 Å². The summed E-state index contributed by atoms with van der Waals surface area (Å²) in [6.45, 7) is 9.07. The van der Waals surface area contributed by atoms with Gasteiger partial charge in [0.05, 0.1) is 7.11 Å². The van der Waals surface area contributed by atoms with Crippen LogP contribution in [-0.2, 0) is 5.41 Å². The topological polar surface area (TPSA) is 29.5 Å². The van der Waals surface area contributed by atoms with Crippen molar-refractivity contribution in [3.63, 3.8) is 0 Å². The van der Waals surface area contributed by atoms with Gasteiger partial charge in [-0.1, -0.05) is 74.9 Å². The molecule has 1 amide bonds. The molecular weight excluding hydrogens is 382 g/mol. The summed E-state index contributed by atoms with van der Waals surface area (Å²) >= 11 is 0. The van der Waals surface area contributed by atoms with Crippen molar-refractivity contribution >= 4 is 17.7 Å². The first-order chi connectivity index (χ1) is 14.8. The lowest BCUT2D eigenvalue weighted by Crippen LogP contribution is -2.32. The molecule has 0 aromatic heterocycles. The molecule has 0 N–H and O–H groups in total. The number of benzene rings is 3. The molecule has 0 fully saturated rings. The Balaban J connectivity index is 1.92. The summed E-state index contributed by atoms with van der Waals surface area (Å²) in [6.07, 6.45) is 2.12. The predicted molar refractivity (Wildman–Crippen MR) is 130 cm³/mol. The minimum Gasteiger partial charge on any atom is -0.497 e. The molecule has 0 aliphatic carbocycles. The highest BCUT2D eigenvalue weighted by Crippen LogP contribution is 2.25. The van der Waals surface area contributed by atoms with Gasteiger partial charge in [-0.05, 0) is 59.9 Å². The summed E-state index contributed by atoms with van der Waals surface area (Å²) in [4.78, 5) is 15.3. The molecule has 0 atom stereocenters. The number of hydrogen-bond donors (Lipinski definition) is 0. The van der Waals surface area contributed by atoms with Crippen molar-refractivity contribution < 1.29 is 9.53 Å². The summed E-state index contributed by atoms with van der Waals surface area (Å²) in [5.41, 5.74) is 4.99. The molecule has 3 aromatic rings. The molecule has 3 nitrogen and oxygen atoms in total. The van der Waals surface area contributed by atoms with Gasteiger partial charge in [0.1, 0.15) is 5.75 Å². The second kappa shape index (κ2) is 9.65. The first-order valence-electron chi connectivity index (χ1n) is 10.6. The fourth-order valence-corrected chi connectivity index (χ4v) is 3.44. The second-order valence-electron chi connectivity index (χ2n) is 8.82. The van der Waals surface area contributed by atoms with E-state index in [4.69, 9.17) is 4.74 Å². The Bertz CT molecular complexity index is 1030. The fourth-order valence-electron chi connectivity index (χ4n) is 3.44. The van der Waals surface area contributed by atoms with Crippen molar-refractivity contribution in [1.29, 1.82) is 0 Å². The van der Waals surface area contributed by atoms with Gasteiger partial charge in [0.15, 0.2) is 0 Å². The fraction of sp³-hybridized carbons (Fsp3) is 0.250. The third kappa shape index (κ3) is 5.85. The third-order valence-corrected chi connectivity index (χ3v) is 5.25. The van der Waals surface area contributed by atoms with Crippen molar-refractivity contribution in [3.8, 4) is 5.75 Å². The van der Waals surface area contributed by atoms with Gasteiger partial charge in [-0.3, -0.25) is 4.79 Å². The van der Waals surface area contributed by atoms with Crippen LogP contribution in [-0.4, -0.2) is 19.6 Å². The van der Waals surface area contributed by atoms with E-state index in [2.05, 4.69) is 45.9 Å². The molecule has 0 saturated heterocycles. The van der Waals surface area contributed by atoms with E-state index in [1.807, 2.05) is 71.6 Å². The lowest BCUT2D eigenvalue weighted by molar-refractivity contribution is 0.0989. The van der Waals surface area contributed by atoms with Crippen LogP contribution in [0.4, 0.5) is 5.69 Å². The molecule has 3 heteroatoms. The second-order valence-corrected chi connectivity index (χ2v) is 8.82. The highest BCUT2D eigenvalue weighted by Gasteiger charge is 2.20. The number of ether oxygens (including phenoxy) is 1. The van der Waals surface area contributed by atoms with E-state index in [0.29, 0.717) is 12.1 Å². The van der Waals surface area contributed by atoms with Crippen LogP contribution < -0.4 is 9.64 Å². The van der Waals surface area contributed by atoms with Gasteiger partial charge in [-0.15, -0.1) is 0 Å². The van der Waals surface area contributed by atoms with Crippen LogP contribution in [0.1, 0.15) is 49.2 Å². The number of carbonyl (C=O) groups excluding carboxylic acids is 1. The van der Waals surface area contributed by atoms with Crippen LogP contribution >= 0.6 is 0 Å². The molecule has 3 aromatic carbocycles. The molecule has 160 valence electrons. The number of amides is 1. The smallest absolute Gasteiger partial charge is 0.258 e. The largest absolute Gasteiger partial charge is 0.497 e. The quantitative estimate of drug-likeness (QED) is 0.448. The summed E-state index contributed by atoms with van der Waals surface area (Å²) in [7, 11) is 1.64. The van der Waals surface area contributed by atoms with E-state index in [1.165, 1.54) is 5.56 Å². The maximum Gasteiger partial charge on any atom is 0.258 e. The van der Waals surface area contributed by atoms with Gasteiger partial charge in [0, 0.05) is 17.8 Å². The SMILES string of the molecule is COc1ccc(N(C/C(C)=C/c2ccccc2)C(=O)c2ccc(C(C)(C)C)cc2)cc1. The van der Waals surface area contributed by atoms with E-state index in [0.717, 1.165) is 22.6 Å². The zero-order valence-electron chi connectivity index (χ0n) is 19.1. The number of methoxy groups -OCH3 is 1. The highest BCUT2D eigenvalue weighted by molar-refractivity contribution is 6.06. The zero-order chi connectivity index (χ0) is 22.4. The maximum atomic E-state index is 13.5. The Hall–Kier alpha value is -3.33. The van der Waals surface area contributed by atoms with Crippen LogP contribution in [0, 0.1) is 0 Å². The first-order valence-corrected chi connectivity index (χ1v) is 10.6. The monoisotopic (exact) mass is 413 g/mol. The van der Waals surface area contributed by atoms with E-state index in [1.54, 1.807) is 7.11 Å². The molecule has 0 radical (unpaired) electrons. The Kier molecular flexibility index (Phi) is 6.96. The van der Waals surface area contributed by atoms with Crippen molar-refractivity contribution in [2.75, 3.05) is 18.6 Å². The number of carbonyl (C=O) groups is 1. The van der Waals surface area contributed by atoms with E-state index < -0.39 is 0 Å². The Morgan fingerprint density at radius 3 is 2.06 bits per heavy atom. The molecule has 0 aliphatic heterocycles. The van der Waals surface area contributed by atoms with Gasteiger partial charge in [-0.25, -0.2) is 0 Å². The standard InChI is InChI=1S/C28H31NO2/c1-21(19-22-9-7-6-8-10-22)20-29(25-15-17-26(31-5)18-16-25)27(30)23-11-13-24(14-12-23)28(2,3)4/h6-19H,20H2,1-5H3/b21-19+. The third-order valence-electron chi connectivity index (χ3n) is 5.25. The summed E-state index contributed by atoms with van der Waals surface area (Å²) < 4.78 is 5.28. The summed E-state index contributed by atoms with van der Waals surface area (Å²) in [5, 5.41) is 0. The van der Waals surface area contributed by atoms with Crippen LogP contribution in [0.3, 0.4) is 0 Å². The molecule has 0 spiro atoms. The Morgan fingerprint density at radius 2 is 1.52 bits per heavy atom. The van der Waals surface area contributed by atoms with Crippen molar-refractivity contribution in [1.82, 2.24) is 0 Å². The van der Waals surface area contributed by atoms with Gasteiger partial charge < -0.3 is 9.64 Å². The summed E-state index contributed by atoms with van der Waals surface area (Å²) in [6, 6.07) is 25.7. The van der Waals surface area contributed by atoms with E-state index >= 15 is 0 Å². The molecule has 31 heavy (non-hydrogen) atoms. The number of anilines is 1. The van der Waals surface area contributed by atoms with E-state index in [9.17, 15) is 4.79 Å². The van der Waals surface area contributed by atoms with Crippen molar-refractivity contribution in [3.05, 3.63) is 101 Å². The molecule has 0 heterocycles. The van der Waals surface area contributed by atoms with Crippen LogP contribution in [0.25, 0.3) is 6.08 Å². The van der Waals surface area contributed by atoms with Gasteiger partial charge in [0.2, 0.25) is 0 Å². The molecule has 0 aliphatic rings. The van der Waals surface area contributed by atoms with Crippen molar-refractivity contribution in [2.45, 2.75) is 33.1 Å². The zero-order valence-corrected chi connectivity index (χ0v) is 19.1. The van der Waals surface area contributed by atoms with Crippen LogP contribution in [0.2, 0.25) is 0 Å². The minimum absolute atomic E-state index is 0.0218. The molecule has 0 bridgehead atoms.